The zero-order chi connectivity index (χ0) is 32.3. The minimum absolute atomic E-state index is 0.0447. The summed E-state index contributed by atoms with van der Waals surface area (Å²) in [5, 5.41) is 23.3. The number of amides is 1. The molecule has 0 unspecified atom stereocenters. The van der Waals surface area contributed by atoms with Gasteiger partial charge in [0, 0.05) is 54.8 Å². The number of ether oxygens (including phenoxy) is 2. The molecule has 3 aromatic heterocycles. The van der Waals surface area contributed by atoms with E-state index in [1.165, 1.54) is 0 Å². The maximum Gasteiger partial charge on any atom is 0.412 e. The Morgan fingerprint density at radius 2 is 1.91 bits per heavy atom. The number of benzene rings is 1. The second kappa shape index (κ2) is 11.6. The lowest BCUT2D eigenvalue weighted by Gasteiger charge is -2.34. The van der Waals surface area contributed by atoms with Gasteiger partial charge in [0.15, 0.2) is 11.6 Å². The molecule has 0 radical (unpaired) electrons. The van der Waals surface area contributed by atoms with E-state index >= 15 is 8.78 Å². The van der Waals surface area contributed by atoms with Gasteiger partial charge in [0.2, 0.25) is 5.95 Å². The van der Waals surface area contributed by atoms with Crippen LogP contribution in [0.5, 0.6) is 0 Å². The molecule has 1 amide bonds. The number of fused-ring (bicyclic) bond motifs is 4. The van der Waals surface area contributed by atoms with Gasteiger partial charge in [0.1, 0.15) is 22.2 Å². The minimum Gasteiger partial charge on any atom is -0.444 e. The number of hydrogen-bond donors (Lipinski definition) is 2. The van der Waals surface area contributed by atoms with Gasteiger partial charge in [-0.15, -0.1) is 11.3 Å². The highest BCUT2D eigenvalue weighted by Gasteiger charge is 2.34. The van der Waals surface area contributed by atoms with E-state index in [0.717, 1.165) is 49.9 Å². The molecule has 0 spiro atoms. The SMILES string of the molecule is CC(C)(C)OC(=O)Nc1sc2c(F)cnc(-c3c4c(c5cnc(N6CC[C@@H](N7CCC(O)CC7)C6)nc5c3F)COC4)c2c1C#N. The van der Waals surface area contributed by atoms with Crippen molar-refractivity contribution in [1.82, 2.24) is 19.9 Å². The van der Waals surface area contributed by atoms with Gasteiger partial charge in [-0.1, -0.05) is 0 Å². The normalized spacial score (nSPS) is 19.2. The van der Waals surface area contributed by atoms with Gasteiger partial charge >= 0.3 is 6.09 Å². The molecule has 0 bridgehead atoms. The highest BCUT2D eigenvalue weighted by Crippen LogP contribution is 2.46. The summed E-state index contributed by atoms with van der Waals surface area (Å²) in [5.74, 6) is -0.964. The summed E-state index contributed by atoms with van der Waals surface area (Å²) in [4.78, 5) is 30.7. The molecule has 14 heteroatoms. The third-order valence-electron chi connectivity index (χ3n) is 8.78. The van der Waals surface area contributed by atoms with Crippen molar-refractivity contribution < 1.29 is 28.2 Å². The third-order valence-corrected chi connectivity index (χ3v) is 9.89. The van der Waals surface area contributed by atoms with Crippen molar-refractivity contribution in [1.29, 1.82) is 5.26 Å². The number of thiophene rings is 1. The molecule has 6 heterocycles. The van der Waals surface area contributed by atoms with E-state index in [1.807, 2.05) is 4.90 Å². The van der Waals surface area contributed by atoms with Gasteiger partial charge in [-0.25, -0.2) is 23.5 Å². The van der Waals surface area contributed by atoms with Gasteiger partial charge in [0.05, 0.1) is 41.5 Å². The van der Waals surface area contributed by atoms with Crippen LogP contribution in [-0.2, 0) is 22.7 Å². The van der Waals surface area contributed by atoms with E-state index in [1.54, 1.807) is 27.0 Å². The molecule has 240 valence electrons. The Bertz CT molecular complexity index is 1910. The fourth-order valence-corrected chi connectivity index (χ4v) is 7.67. The maximum absolute atomic E-state index is 16.8. The highest BCUT2D eigenvalue weighted by molar-refractivity contribution is 7.23. The van der Waals surface area contributed by atoms with E-state index in [9.17, 15) is 15.2 Å². The van der Waals surface area contributed by atoms with Crippen molar-refractivity contribution in [2.75, 3.05) is 36.4 Å². The molecule has 46 heavy (non-hydrogen) atoms. The molecule has 2 fully saturated rings. The number of hydrogen-bond acceptors (Lipinski definition) is 11. The molecule has 11 nitrogen and oxygen atoms in total. The van der Waals surface area contributed by atoms with Crippen LogP contribution in [-0.4, -0.2) is 75.0 Å². The number of nitrogens with zero attached hydrogens (tertiary/aromatic N) is 6. The quantitative estimate of drug-likeness (QED) is 0.293. The number of halogens is 2. The number of carbonyl (C=O) groups excluding carboxylic acids is 1. The summed E-state index contributed by atoms with van der Waals surface area (Å²) in [7, 11) is 0. The van der Waals surface area contributed by atoms with Crippen LogP contribution in [0, 0.1) is 23.0 Å². The van der Waals surface area contributed by atoms with Gasteiger partial charge in [-0.3, -0.25) is 15.2 Å². The fraction of sp³-hybridized carbons (Fsp3) is 0.469. The van der Waals surface area contributed by atoms with Crippen molar-refractivity contribution in [2.24, 2.45) is 0 Å². The van der Waals surface area contributed by atoms with E-state index in [0.29, 0.717) is 41.6 Å². The zero-order valence-corrected chi connectivity index (χ0v) is 26.5. The first-order chi connectivity index (χ1) is 22.0. The molecular formula is C32H33F2N7O4S. The van der Waals surface area contributed by atoms with Crippen LogP contribution in [0.25, 0.3) is 32.2 Å². The molecule has 0 aliphatic carbocycles. The van der Waals surface area contributed by atoms with E-state index < -0.39 is 23.3 Å². The summed E-state index contributed by atoms with van der Waals surface area (Å²) >= 11 is 0.859. The van der Waals surface area contributed by atoms with Crippen molar-refractivity contribution in [3.05, 3.63) is 40.7 Å². The number of anilines is 2. The van der Waals surface area contributed by atoms with Crippen LogP contribution in [0.15, 0.2) is 12.4 Å². The predicted molar refractivity (Wildman–Crippen MR) is 169 cm³/mol. The number of nitrogens with one attached hydrogen (secondary N) is 1. The molecular weight excluding hydrogens is 616 g/mol. The topological polar surface area (TPSA) is 137 Å². The van der Waals surface area contributed by atoms with Crippen molar-refractivity contribution in [3.63, 3.8) is 0 Å². The second-order valence-corrected chi connectivity index (χ2v) is 14.0. The predicted octanol–water partition coefficient (Wildman–Crippen LogP) is 5.47. The third kappa shape index (κ3) is 5.41. The molecule has 3 aliphatic rings. The number of nitriles is 1. The highest BCUT2D eigenvalue weighted by atomic mass is 32.1. The lowest BCUT2D eigenvalue weighted by atomic mass is 9.94. The van der Waals surface area contributed by atoms with Crippen molar-refractivity contribution in [2.45, 2.75) is 71.0 Å². The number of rotatable bonds is 4. The van der Waals surface area contributed by atoms with Crippen molar-refractivity contribution in [3.8, 4) is 17.3 Å². The van der Waals surface area contributed by atoms with Gasteiger partial charge in [-0.05, 0) is 51.2 Å². The number of carbonyl (C=O) groups is 1. The Hall–Kier alpha value is -4.03. The summed E-state index contributed by atoms with van der Waals surface area (Å²) in [6, 6.07) is 2.35. The first-order valence-electron chi connectivity index (χ1n) is 15.3. The van der Waals surface area contributed by atoms with E-state index in [-0.39, 0.29) is 56.7 Å². The molecule has 3 aliphatic heterocycles. The average molecular weight is 650 g/mol. The number of aliphatic hydroxyl groups is 1. The van der Waals surface area contributed by atoms with Gasteiger partial charge in [0.25, 0.3) is 0 Å². The summed E-state index contributed by atoms with van der Waals surface area (Å²) < 4.78 is 43.2. The first-order valence-corrected chi connectivity index (χ1v) is 16.1. The number of pyridine rings is 1. The van der Waals surface area contributed by atoms with Crippen LogP contribution in [0.3, 0.4) is 0 Å². The molecule has 7 rings (SSSR count). The lowest BCUT2D eigenvalue weighted by Crippen LogP contribution is -2.44. The van der Waals surface area contributed by atoms with Crippen LogP contribution in [0.4, 0.5) is 24.5 Å². The summed E-state index contributed by atoms with van der Waals surface area (Å²) in [5.41, 5.74) is 0.644. The second-order valence-electron chi connectivity index (χ2n) is 12.9. The Kier molecular flexibility index (Phi) is 7.75. The van der Waals surface area contributed by atoms with Crippen LogP contribution >= 0.6 is 11.3 Å². The zero-order valence-electron chi connectivity index (χ0n) is 25.7. The van der Waals surface area contributed by atoms with E-state index in [4.69, 9.17) is 14.5 Å². The Labute approximate surface area is 267 Å². The molecule has 0 saturated carbocycles. The number of aromatic nitrogens is 3. The number of piperidine rings is 1. The van der Waals surface area contributed by atoms with Crippen molar-refractivity contribution >= 4 is 49.4 Å². The largest absolute Gasteiger partial charge is 0.444 e. The maximum atomic E-state index is 16.8. The van der Waals surface area contributed by atoms with Crippen LogP contribution in [0.2, 0.25) is 0 Å². The Morgan fingerprint density at radius 1 is 1.15 bits per heavy atom. The average Bonchev–Trinajstić information content (AvgIpc) is 3.77. The number of aliphatic hydroxyl groups excluding tert-OH is 1. The monoisotopic (exact) mass is 649 g/mol. The Balaban J connectivity index is 1.31. The molecule has 1 aromatic carbocycles. The molecule has 1 atom stereocenters. The molecule has 2 saturated heterocycles. The smallest absolute Gasteiger partial charge is 0.412 e. The van der Waals surface area contributed by atoms with E-state index in [2.05, 4.69) is 26.3 Å². The van der Waals surface area contributed by atoms with Gasteiger partial charge in [-0.2, -0.15) is 5.26 Å². The molecule has 4 aromatic rings. The lowest BCUT2D eigenvalue weighted by molar-refractivity contribution is 0.0635. The minimum atomic E-state index is -0.803. The Morgan fingerprint density at radius 3 is 2.65 bits per heavy atom. The summed E-state index contributed by atoms with van der Waals surface area (Å²) in [6.45, 7) is 8.48. The van der Waals surface area contributed by atoms with Crippen LogP contribution < -0.4 is 10.2 Å². The summed E-state index contributed by atoms with van der Waals surface area (Å²) in [6.07, 6.45) is 4.00. The fourth-order valence-electron chi connectivity index (χ4n) is 6.63. The van der Waals surface area contributed by atoms with Gasteiger partial charge < -0.3 is 19.5 Å². The number of likely N-dealkylation sites (tertiary alicyclic amines) is 1. The first kappa shape index (κ1) is 30.6. The molecule has 2 N–H and O–H groups in total. The standard InChI is InChI=1S/C32H33F2N7O4S/c1-32(2,3)45-31(43)39-29-18(10-35)24-27(36-12-22(33)28(24)46-29)23-21-15-44-14-20(21)19-11-37-30(38-26(19)25(23)34)41-7-4-16(13-41)40-8-5-17(42)6-9-40/h11-12,16-17,42H,4-9,13-15H2,1-3H3,(H,39,43)/t16-/m1/s1. The van der Waals surface area contributed by atoms with Crippen LogP contribution in [0.1, 0.15) is 56.7 Å².